The van der Waals surface area contributed by atoms with Gasteiger partial charge >= 0.3 is 0 Å². The Kier molecular flexibility index (Phi) is 5.44. The topological polar surface area (TPSA) is 54.5 Å². The number of nitrogens with zero attached hydrogens (tertiary/aromatic N) is 1. The fraction of sp³-hybridized carbons (Fsp3) is 0.318. The normalized spacial score (nSPS) is 18.2. The molecule has 2 aromatic carbocycles. The van der Waals surface area contributed by atoms with E-state index in [-0.39, 0.29) is 23.5 Å². The number of thiophene rings is 1. The zero-order valence-corrected chi connectivity index (χ0v) is 18.7. The third-order valence-electron chi connectivity index (χ3n) is 5.36. The third kappa shape index (κ3) is 4.20. The second kappa shape index (κ2) is 7.74. The molecule has 1 aliphatic heterocycles. The first-order valence-electron chi connectivity index (χ1n) is 9.49. The minimum atomic E-state index is -3.12. The van der Waals surface area contributed by atoms with E-state index in [1.165, 1.54) is 11.3 Å². The van der Waals surface area contributed by atoms with Crippen LogP contribution in [0.4, 0.5) is 0 Å². The van der Waals surface area contributed by atoms with Gasteiger partial charge in [0, 0.05) is 22.7 Å². The molecule has 0 aliphatic carbocycles. The highest BCUT2D eigenvalue weighted by Crippen LogP contribution is 2.37. The molecule has 4 nitrogen and oxygen atoms in total. The van der Waals surface area contributed by atoms with E-state index >= 15 is 0 Å². The predicted molar refractivity (Wildman–Crippen MR) is 120 cm³/mol. The number of sulfone groups is 1. The molecule has 0 bridgehead atoms. The van der Waals surface area contributed by atoms with Crippen molar-refractivity contribution in [1.29, 1.82) is 0 Å². The number of fused-ring (bicyclic) bond motifs is 1. The number of hydrogen-bond acceptors (Lipinski definition) is 4. The molecule has 152 valence electrons. The van der Waals surface area contributed by atoms with Gasteiger partial charge in [-0.25, -0.2) is 8.42 Å². The van der Waals surface area contributed by atoms with Crippen molar-refractivity contribution >= 4 is 48.8 Å². The van der Waals surface area contributed by atoms with E-state index in [0.29, 0.717) is 22.9 Å². The Bertz CT molecular complexity index is 1180. The quantitative estimate of drug-likeness (QED) is 0.565. The van der Waals surface area contributed by atoms with E-state index in [9.17, 15) is 13.2 Å². The molecule has 0 unspecified atom stereocenters. The van der Waals surface area contributed by atoms with E-state index in [4.69, 9.17) is 11.6 Å². The highest BCUT2D eigenvalue weighted by Gasteiger charge is 2.36. The fourth-order valence-electron chi connectivity index (χ4n) is 3.72. The Morgan fingerprint density at radius 3 is 2.48 bits per heavy atom. The maximum Gasteiger partial charge on any atom is 0.266 e. The van der Waals surface area contributed by atoms with Crippen molar-refractivity contribution in [2.24, 2.45) is 0 Å². The number of carbonyl (C=O) groups is 1. The molecule has 29 heavy (non-hydrogen) atoms. The zero-order chi connectivity index (χ0) is 20.8. The summed E-state index contributed by atoms with van der Waals surface area (Å²) in [5, 5.41) is 1.31. The molecule has 4 rings (SSSR count). The molecule has 3 aromatic rings. The molecule has 1 fully saturated rings. The molecule has 0 spiro atoms. The maximum atomic E-state index is 13.5. The first-order chi connectivity index (χ1) is 13.7. The maximum absolute atomic E-state index is 13.5. The van der Waals surface area contributed by atoms with Crippen molar-refractivity contribution < 1.29 is 13.2 Å². The number of rotatable bonds is 4. The summed E-state index contributed by atoms with van der Waals surface area (Å²) >= 11 is 7.95. The van der Waals surface area contributed by atoms with Crippen LogP contribution in [0.25, 0.3) is 10.1 Å². The number of carbonyl (C=O) groups excluding carboxylic acids is 1. The van der Waals surface area contributed by atoms with Crippen LogP contribution < -0.4 is 0 Å². The molecule has 0 radical (unpaired) electrons. The van der Waals surface area contributed by atoms with Crippen molar-refractivity contribution in [2.75, 3.05) is 11.5 Å². The van der Waals surface area contributed by atoms with Gasteiger partial charge < -0.3 is 4.90 Å². The van der Waals surface area contributed by atoms with E-state index < -0.39 is 9.84 Å². The van der Waals surface area contributed by atoms with Gasteiger partial charge in [0.25, 0.3) is 5.91 Å². The first-order valence-corrected chi connectivity index (χ1v) is 12.5. The van der Waals surface area contributed by atoms with Gasteiger partial charge in [-0.15, -0.1) is 11.3 Å². The van der Waals surface area contributed by atoms with Gasteiger partial charge in [-0.05, 0) is 37.5 Å². The Hall–Kier alpha value is -1.89. The zero-order valence-electron chi connectivity index (χ0n) is 16.3. The second-order valence-electron chi connectivity index (χ2n) is 7.72. The van der Waals surface area contributed by atoms with E-state index in [1.54, 1.807) is 4.90 Å². The van der Waals surface area contributed by atoms with Crippen LogP contribution in [0.3, 0.4) is 0 Å². The van der Waals surface area contributed by atoms with Gasteiger partial charge in [-0.3, -0.25) is 4.79 Å². The molecule has 1 amide bonds. The Morgan fingerprint density at radius 1 is 1.14 bits per heavy atom. The van der Waals surface area contributed by atoms with Gasteiger partial charge in [0.15, 0.2) is 9.84 Å². The van der Waals surface area contributed by atoms with Crippen molar-refractivity contribution in [3.05, 3.63) is 69.1 Å². The standard InChI is InChI=1S/C22H22ClNO3S2/c1-14-3-6-16(7-4-14)12-24(17-9-10-29(26,27)13-17)22(25)21-20(23)18-8-5-15(2)11-19(18)28-21/h3-8,11,17H,9-10,12-13H2,1-2H3/t17-/m0/s1. The van der Waals surface area contributed by atoms with Crippen molar-refractivity contribution in [1.82, 2.24) is 4.90 Å². The van der Waals surface area contributed by atoms with Crippen molar-refractivity contribution in [2.45, 2.75) is 32.9 Å². The minimum absolute atomic E-state index is 0.00617. The van der Waals surface area contributed by atoms with Crippen LogP contribution in [0.2, 0.25) is 5.02 Å². The molecule has 7 heteroatoms. The SMILES string of the molecule is Cc1ccc(CN(C(=O)c2sc3cc(C)ccc3c2Cl)[C@H]2CCS(=O)(=O)C2)cc1. The lowest BCUT2D eigenvalue weighted by molar-refractivity contribution is 0.0686. The summed E-state index contributed by atoms with van der Waals surface area (Å²) in [7, 11) is -3.12. The molecular formula is C22H22ClNO3S2. The minimum Gasteiger partial charge on any atom is -0.330 e. The predicted octanol–water partition coefficient (Wildman–Crippen LogP) is 5.00. The Balaban J connectivity index is 1.73. The van der Waals surface area contributed by atoms with Gasteiger partial charge in [0.1, 0.15) is 4.88 Å². The average molecular weight is 448 g/mol. The number of halogens is 1. The van der Waals surface area contributed by atoms with Crippen LogP contribution in [-0.4, -0.2) is 36.8 Å². The fourth-order valence-corrected chi connectivity index (χ4v) is 7.02. The lowest BCUT2D eigenvalue weighted by Crippen LogP contribution is -2.40. The molecule has 0 saturated carbocycles. The summed E-state index contributed by atoms with van der Waals surface area (Å²) in [4.78, 5) is 15.7. The molecule has 2 heterocycles. The highest BCUT2D eigenvalue weighted by molar-refractivity contribution is 7.91. The molecular weight excluding hydrogens is 426 g/mol. The third-order valence-corrected chi connectivity index (χ3v) is 8.76. The number of benzene rings is 2. The van der Waals surface area contributed by atoms with Crippen LogP contribution in [-0.2, 0) is 16.4 Å². The van der Waals surface area contributed by atoms with Crippen LogP contribution in [0.15, 0.2) is 42.5 Å². The number of amides is 1. The van der Waals surface area contributed by atoms with Crippen LogP contribution in [0, 0.1) is 13.8 Å². The van der Waals surface area contributed by atoms with Gasteiger partial charge in [-0.2, -0.15) is 0 Å². The number of aryl methyl sites for hydroxylation is 2. The number of hydrogen-bond donors (Lipinski definition) is 0. The Labute approximate surface area is 180 Å². The highest BCUT2D eigenvalue weighted by atomic mass is 35.5. The van der Waals surface area contributed by atoms with Gasteiger partial charge in [0.05, 0.1) is 16.5 Å². The smallest absolute Gasteiger partial charge is 0.266 e. The summed E-state index contributed by atoms with van der Waals surface area (Å²) < 4.78 is 25.1. The lowest BCUT2D eigenvalue weighted by Gasteiger charge is -2.28. The van der Waals surface area contributed by atoms with Crippen LogP contribution >= 0.6 is 22.9 Å². The molecule has 0 N–H and O–H groups in total. The molecule has 1 aromatic heterocycles. The first kappa shape index (κ1) is 20.4. The van der Waals surface area contributed by atoms with E-state index in [1.807, 2.05) is 56.3 Å². The summed E-state index contributed by atoms with van der Waals surface area (Å²) in [5.74, 6) is -0.0718. The monoisotopic (exact) mass is 447 g/mol. The largest absolute Gasteiger partial charge is 0.330 e. The summed E-state index contributed by atoms with van der Waals surface area (Å²) in [6.07, 6.45) is 0.460. The van der Waals surface area contributed by atoms with Gasteiger partial charge in [-0.1, -0.05) is 53.6 Å². The summed E-state index contributed by atoms with van der Waals surface area (Å²) in [6, 6.07) is 13.6. The lowest BCUT2D eigenvalue weighted by atomic mass is 10.1. The summed E-state index contributed by atoms with van der Waals surface area (Å²) in [5.41, 5.74) is 3.21. The van der Waals surface area contributed by atoms with Crippen LogP contribution in [0.1, 0.15) is 32.8 Å². The van der Waals surface area contributed by atoms with Crippen LogP contribution in [0.5, 0.6) is 0 Å². The van der Waals surface area contributed by atoms with Crippen molar-refractivity contribution in [3.8, 4) is 0 Å². The van der Waals surface area contributed by atoms with Gasteiger partial charge in [0.2, 0.25) is 0 Å². The molecule has 1 aliphatic rings. The average Bonchev–Trinajstić information content (AvgIpc) is 3.19. The van der Waals surface area contributed by atoms with Crippen molar-refractivity contribution in [3.63, 3.8) is 0 Å². The second-order valence-corrected chi connectivity index (χ2v) is 11.4. The van der Waals surface area contributed by atoms with E-state index in [2.05, 4.69) is 0 Å². The molecule has 1 atom stereocenters. The summed E-state index contributed by atoms with van der Waals surface area (Å²) in [6.45, 7) is 4.37. The molecule has 1 saturated heterocycles. The Morgan fingerprint density at radius 2 is 1.83 bits per heavy atom. The van der Waals surface area contributed by atoms with E-state index in [0.717, 1.165) is 26.8 Å².